The van der Waals surface area contributed by atoms with Gasteiger partial charge in [0.1, 0.15) is 18.9 Å². The highest BCUT2D eigenvalue weighted by Gasteiger charge is 2.03. The predicted molar refractivity (Wildman–Crippen MR) is 75.8 cm³/mol. The number of hydrogen-bond acceptors (Lipinski definition) is 2. The molecule has 0 bridgehead atoms. The summed E-state index contributed by atoms with van der Waals surface area (Å²) in [7, 11) is 0. The van der Waals surface area contributed by atoms with Gasteiger partial charge in [-0.2, -0.15) is 0 Å². The van der Waals surface area contributed by atoms with Gasteiger partial charge in [-0.05, 0) is 18.9 Å². The molecule has 4 heteroatoms. The highest BCUT2D eigenvalue weighted by molar-refractivity contribution is 5.60. The molecule has 0 aliphatic heterocycles. The van der Waals surface area contributed by atoms with Crippen LogP contribution in [0.5, 0.6) is 0 Å². The number of benzene rings is 1. The topological polar surface area (TPSA) is 48.9 Å². The van der Waals surface area contributed by atoms with Crippen LogP contribution in [0.2, 0.25) is 0 Å². The summed E-state index contributed by atoms with van der Waals surface area (Å²) >= 11 is 0. The Morgan fingerprint density at radius 2 is 1.95 bits per heavy atom. The lowest BCUT2D eigenvalue weighted by Gasteiger charge is -1.96. The van der Waals surface area contributed by atoms with Crippen LogP contribution in [-0.2, 0) is 17.9 Å². The molecule has 0 fully saturated rings. The Labute approximate surface area is 120 Å². The number of aromatic nitrogens is 2. The van der Waals surface area contributed by atoms with Gasteiger partial charge in [0, 0.05) is 5.97 Å². The summed E-state index contributed by atoms with van der Waals surface area (Å²) in [5, 5.41) is 8.89. The number of nitrogens with zero attached hydrogens (tertiary/aromatic N) is 2. The van der Waals surface area contributed by atoms with Gasteiger partial charge in [-0.1, -0.05) is 43.7 Å². The van der Waals surface area contributed by atoms with Crippen molar-refractivity contribution in [1.82, 2.24) is 4.57 Å². The third-order valence-electron chi connectivity index (χ3n) is 2.72. The standard InChI is InChI=1S/C14H19N2.C2H4O2/c1-2-3-9-15-10-11-16(13-15)12-14-7-5-4-6-8-14;1-2(3)4/h4-8,10-11,13H,2-3,9,12H2,1H3;1H3,(H,3,4)/q+1;/p-1. The summed E-state index contributed by atoms with van der Waals surface area (Å²) < 4.78 is 4.48. The van der Waals surface area contributed by atoms with Crippen LogP contribution in [-0.4, -0.2) is 10.5 Å². The lowest BCUT2D eigenvalue weighted by atomic mass is 10.2. The van der Waals surface area contributed by atoms with E-state index in [-0.39, 0.29) is 0 Å². The van der Waals surface area contributed by atoms with E-state index in [2.05, 4.69) is 65.1 Å². The third kappa shape index (κ3) is 6.73. The number of unbranched alkanes of at least 4 members (excludes halogenated alkanes) is 1. The molecule has 0 amide bonds. The number of carbonyl (C=O) groups excluding carboxylic acids is 1. The van der Waals surface area contributed by atoms with Crippen molar-refractivity contribution >= 4 is 5.97 Å². The Kier molecular flexibility index (Phi) is 7.11. The maximum atomic E-state index is 8.89. The van der Waals surface area contributed by atoms with Gasteiger partial charge in [-0.3, -0.25) is 0 Å². The van der Waals surface area contributed by atoms with Crippen LogP contribution in [0.1, 0.15) is 32.3 Å². The average Bonchev–Trinajstić information content (AvgIpc) is 2.84. The highest BCUT2D eigenvalue weighted by Crippen LogP contribution is 1.98. The van der Waals surface area contributed by atoms with Gasteiger partial charge in [0.25, 0.3) is 0 Å². The molecule has 1 aromatic heterocycles. The molecule has 108 valence electrons. The van der Waals surface area contributed by atoms with E-state index in [9.17, 15) is 0 Å². The molecule has 0 aliphatic rings. The zero-order chi connectivity index (χ0) is 14.8. The number of carboxylic acid groups (broad SMARTS) is 1. The number of carbonyl (C=O) groups is 1. The van der Waals surface area contributed by atoms with Crippen molar-refractivity contribution in [3.8, 4) is 0 Å². The first-order chi connectivity index (χ1) is 9.61. The second-order valence-corrected chi connectivity index (χ2v) is 4.65. The molecule has 0 N–H and O–H groups in total. The van der Waals surface area contributed by atoms with Gasteiger partial charge in [-0.15, -0.1) is 0 Å². The largest absolute Gasteiger partial charge is 0.550 e. The first-order valence-electron chi connectivity index (χ1n) is 6.88. The second kappa shape index (κ2) is 8.91. The summed E-state index contributed by atoms with van der Waals surface area (Å²) in [5.74, 6) is -1.08. The molecular weight excluding hydrogens is 252 g/mol. The monoisotopic (exact) mass is 274 g/mol. The Morgan fingerprint density at radius 3 is 2.55 bits per heavy atom. The number of carboxylic acids is 1. The molecule has 4 nitrogen and oxygen atoms in total. The van der Waals surface area contributed by atoms with Gasteiger partial charge >= 0.3 is 0 Å². The highest BCUT2D eigenvalue weighted by atomic mass is 16.4. The quantitative estimate of drug-likeness (QED) is 0.773. The van der Waals surface area contributed by atoms with Gasteiger partial charge < -0.3 is 9.90 Å². The summed E-state index contributed by atoms with van der Waals surface area (Å²) in [6, 6.07) is 10.6. The van der Waals surface area contributed by atoms with E-state index < -0.39 is 5.97 Å². The molecular formula is C16H22N2O2. The SMILES string of the molecule is CC(=O)[O-].CCCCn1cc[n+](Cc2ccccc2)c1. The minimum atomic E-state index is -1.08. The third-order valence-corrected chi connectivity index (χ3v) is 2.72. The van der Waals surface area contributed by atoms with E-state index in [4.69, 9.17) is 9.90 Å². The molecule has 2 aromatic rings. The Morgan fingerprint density at radius 1 is 1.30 bits per heavy atom. The van der Waals surface area contributed by atoms with Crippen molar-refractivity contribution in [1.29, 1.82) is 0 Å². The fraction of sp³-hybridized carbons (Fsp3) is 0.375. The van der Waals surface area contributed by atoms with Crippen molar-refractivity contribution in [2.75, 3.05) is 0 Å². The summed E-state index contributed by atoms with van der Waals surface area (Å²) in [6.07, 6.45) is 8.97. The molecule has 2 rings (SSSR count). The van der Waals surface area contributed by atoms with Crippen LogP contribution in [0.3, 0.4) is 0 Å². The van der Waals surface area contributed by atoms with E-state index in [0.717, 1.165) is 20.0 Å². The molecule has 0 saturated heterocycles. The Hall–Kier alpha value is -2.10. The lowest BCUT2D eigenvalue weighted by Crippen LogP contribution is -2.31. The van der Waals surface area contributed by atoms with Crippen molar-refractivity contribution in [2.24, 2.45) is 0 Å². The molecule has 1 aromatic carbocycles. The maximum absolute atomic E-state index is 8.89. The molecule has 0 saturated carbocycles. The van der Waals surface area contributed by atoms with Crippen molar-refractivity contribution in [2.45, 2.75) is 39.8 Å². The second-order valence-electron chi connectivity index (χ2n) is 4.65. The Bertz CT molecular complexity index is 502. The van der Waals surface area contributed by atoms with E-state index >= 15 is 0 Å². The first-order valence-corrected chi connectivity index (χ1v) is 6.88. The zero-order valence-corrected chi connectivity index (χ0v) is 12.2. The fourth-order valence-electron chi connectivity index (χ4n) is 1.80. The van der Waals surface area contributed by atoms with E-state index in [1.165, 1.54) is 18.4 Å². The first kappa shape index (κ1) is 16.0. The van der Waals surface area contributed by atoms with E-state index in [0.29, 0.717) is 0 Å². The number of aryl methyl sites for hydroxylation is 1. The maximum Gasteiger partial charge on any atom is 0.244 e. The summed E-state index contributed by atoms with van der Waals surface area (Å²) in [6.45, 7) is 5.28. The minimum Gasteiger partial charge on any atom is -0.550 e. The molecule has 0 radical (unpaired) electrons. The normalized spacial score (nSPS) is 9.70. The summed E-state index contributed by atoms with van der Waals surface area (Å²) in [5.41, 5.74) is 1.35. The van der Waals surface area contributed by atoms with Crippen LogP contribution < -0.4 is 9.67 Å². The van der Waals surface area contributed by atoms with E-state index in [1.807, 2.05) is 0 Å². The van der Waals surface area contributed by atoms with Crippen LogP contribution in [0.4, 0.5) is 0 Å². The van der Waals surface area contributed by atoms with Gasteiger partial charge in [0.2, 0.25) is 6.33 Å². The van der Waals surface area contributed by atoms with Crippen LogP contribution in [0, 0.1) is 0 Å². The van der Waals surface area contributed by atoms with Crippen molar-refractivity contribution in [3.05, 3.63) is 54.6 Å². The minimum absolute atomic E-state index is 0.958. The number of hydrogen-bond donors (Lipinski definition) is 0. The van der Waals surface area contributed by atoms with Gasteiger partial charge in [0.05, 0.1) is 6.54 Å². The molecule has 1 heterocycles. The molecule has 0 unspecified atom stereocenters. The number of imidazole rings is 1. The zero-order valence-electron chi connectivity index (χ0n) is 12.2. The molecule has 0 spiro atoms. The van der Waals surface area contributed by atoms with Crippen molar-refractivity contribution in [3.63, 3.8) is 0 Å². The summed E-state index contributed by atoms with van der Waals surface area (Å²) in [4.78, 5) is 8.89. The van der Waals surface area contributed by atoms with Crippen LogP contribution in [0.15, 0.2) is 49.1 Å². The molecule has 0 atom stereocenters. The number of rotatable bonds is 5. The smallest absolute Gasteiger partial charge is 0.244 e. The molecule has 0 aliphatic carbocycles. The van der Waals surface area contributed by atoms with Crippen molar-refractivity contribution < 1.29 is 14.5 Å². The lowest BCUT2D eigenvalue weighted by molar-refractivity contribution is -0.687. The fourth-order valence-corrected chi connectivity index (χ4v) is 1.80. The van der Waals surface area contributed by atoms with Gasteiger partial charge in [0.15, 0.2) is 0 Å². The van der Waals surface area contributed by atoms with Crippen LogP contribution >= 0.6 is 0 Å². The van der Waals surface area contributed by atoms with Gasteiger partial charge in [-0.25, -0.2) is 9.13 Å². The molecule has 20 heavy (non-hydrogen) atoms. The Balaban J connectivity index is 0.000000444. The van der Waals surface area contributed by atoms with E-state index in [1.54, 1.807) is 0 Å². The predicted octanol–water partition coefficient (Wildman–Crippen LogP) is 1.38. The average molecular weight is 274 g/mol. The number of aliphatic carboxylic acids is 1. The van der Waals surface area contributed by atoms with Crippen LogP contribution in [0.25, 0.3) is 0 Å².